The number of benzene rings is 7. The molecular formula is C67H98N12SeSi6U2. The van der Waals surface area contributed by atoms with Gasteiger partial charge in [0.1, 0.15) is 0 Å². The van der Waals surface area contributed by atoms with Crippen molar-refractivity contribution >= 4 is 102 Å². The van der Waals surface area contributed by atoms with Crippen LogP contribution in [0, 0.1) is 69.2 Å². The zero-order valence-corrected chi connectivity index (χ0v) is 71.0. The average molecular weight is 1800 g/mol. The Morgan fingerprint density at radius 3 is 0.432 bits per heavy atom. The number of hydrogen-bond acceptors (Lipinski definition) is 6. The van der Waals surface area contributed by atoms with Crippen molar-refractivity contribution in [2.45, 2.75) is 85.5 Å². The summed E-state index contributed by atoms with van der Waals surface area (Å²) in [5.41, 5.74) is 7.85. The van der Waals surface area contributed by atoms with Gasteiger partial charge in [-0.1, -0.05) is 296 Å². The Balaban J connectivity index is 0.000000328. The minimum atomic E-state index is -2.07. The van der Waals surface area contributed by atoms with E-state index in [1.165, 1.54) is 5.56 Å². The van der Waals surface area contributed by atoms with Gasteiger partial charge in [0.25, 0.3) is 0 Å². The molecule has 0 aromatic heterocycles. The minimum absolute atomic E-state index is 0. The topological polar surface area (TPSA) is 104 Å². The van der Waals surface area contributed by atoms with Crippen LogP contribution in [0.4, 0.5) is 34.1 Å². The Kier molecular flexibility index (Phi) is 32.6. The average Bonchev–Trinajstić information content (AvgIpc) is 3.95. The first-order valence-electron chi connectivity index (χ1n) is 30.7. The van der Waals surface area contributed by atoms with Crippen LogP contribution in [-0.2, 0) is 0 Å². The van der Waals surface area contributed by atoms with Crippen LogP contribution in [0.1, 0.15) is 5.56 Å². The van der Waals surface area contributed by atoms with Crippen LogP contribution in [0.2, 0.25) is 78.6 Å². The standard InChI is InChI=1S/2C30H45N6Si3.C7H8.Se.2U/c2*1-37(2,31-28-16-10-7-11-17-28)34-22-24-35(38(3,4)32-29-18-12-8-13-19-29)26-27-36(25-23-34)39(5,6)33-30-20-14-9-15-21-30;1-7-5-3-2-4-6-7;;;/h2*7-21H,22-27H2,1-6H3;2-6H,1H3;;;/q2*-3;;-2;2*+4. The van der Waals surface area contributed by atoms with Crippen LogP contribution in [0.15, 0.2) is 212 Å². The van der Waals surface area contributed by atoms with Gasteiger partial charge in [-0.15, -0.1) is 34.1 Å². The normalized spacial score (nSPS) is 15.8. The maximum Gasteiger partial charge on any atom is 4.00 e. The second-order valence-electron chi connectivity index (χ2n) is 25.2. The third kappa shape index (κ3) is 25.2. The van der Waals surface area contributed by atoms with Gasteiger partial charge >= 0.3 is 62.2 Å². The molecule has 0 bridgehead atoms. The molecule has 2 fully saturated rings. The molecule has 0 atom stereocenters. The van der Waals surface area contributed by atoms with Crippen molar-refractivity contribution in [3.63, 3.8) is 0 Å². The molecule has 0 unspecified atom stereocenters. The van der Waals surface area contributed by atoms with Crippen LogP contribution in [0.25, 0.3) is 29.9 Å². The second kappa shape index (κ2) is 37.1. The first kappa shape index (κ1) is 77.5. The molecule has 12 nitrogen and oxygen atoms in total. The van der Waals surface area contributed by atoms with Crippen molar-refractivity contribution in [3.05, 3.63) is 248 Å². The molecule has 0 spiro atoms. The molecule has 2 aliphatic rings. The zero-order valence-electron chi connectivity index (χ0n) is 55.0. The van der Waals surface area contributed by atoms with Gasteiger partial charge in [-0.05, 0) is 6.92 Å². The van der Waals surface area contributed by atoms with Gasteiger partial charge in [-0.25, -0.2) is 0 Å². The van der Waals surface area contributed by atoms with E-state index >= 15 is 0 Å². The summed E-state index contributed by atoms with van der Waals surface area (Å²) in [4.78, 5) is 32.0. The fraction of sp³-hybridized carbons (Fsp3) is 0.373. The van der Waals surface area contributed by atoms with Gasteiger partial charge in [-0.2, -0.15) is 0 Å². The van der Waals surface area contributed by atoms with Gasteiger partial charge in [0.2, 0.25) is 0 Å². The van der Waals surface area contributed by atoms with Gasteiger partial charge < -0.3 is 74.4 Å². The fourth-order valence-corrected chi connectivity index (χ4v) is 24.6. The summed E-state index contributed by atoms with van der Waals surface area (Å²) in [6.07, 6.45) is 0. The SMILES string of the molecule is C[Si](C)([N-]c1ccccc1)N1CCN([Si](C)(C)[N-]c2ccccc2)CCN([Si](C)(C)[N-]c2ccccc2)CC1.C[Si](C)([N-]c1ccccc1)N1CCN([Si](C)(C)[N-]c2ccccc2)CCN([Si](C)(C)[N-]c2ccccc2)CC1.Cc1ccccc1.[Se-2].[U+4].[U+4]. The summed E-state index contributed by atoms with van der Waals surface area (Å²) in [6, 6.07) is 73.3. The third-order valence-corrected chi connectivity index (χ3v) is 33.2. The van der Waals surface area contributed by atoms with E-state index in [1.54, 1.807) is 0 Å². The summed E-state index contributed by atoms with van der Waals surface area (Å²) in [5, 5.41) is 0. The molecule has 464 valence electrons. The van der Waals surface area contributed by atoms with Crippen LogP contribution in [0.5, 0.6) is 0 Å². The van der Waals surface area contributed by atoms with E-state index in [0.717, 1.165) is 113 Å². The predicted octanol–water partition coefficient (Wildman–Crippen LogP) is 17.9. The van der Waals surface area contributed by atoms with E-state index in [-0.39, 0.29) is 79.3 Å². The summed E-state index contributed by atoms with van der Waals surface area (Å²) >= 11 is 0. The van der Waals surface area contributed by atoms with Crippen LogP contribution >= 0.6 is 0 Å². The van der Waals surface area contributed by atoms with E-state index < -0.39 is 50.4 Å². The molecule has 7 aromatic rings. The van der Waals surface area contributed by atoms with Crippen molar-refractivity contribution < 1.29 is 62.2 Å². The predicted molar refractivity (Wildman–Crippen MR) is 388 cm³/mol. The first-order chi connectivity index (χ1) is 40.5. The summed E-state index contributed by atoms with van der Waals surface area (Å²) in [5.74, 6) is 0. The first-order valence-corrected chi connectivity index (χ1v) is 48.1. The molecule has 0 amide bonds. The number of aryl methyl sites for hydroxylation is 1. The van der Waals surface area contributed by atoms with Gasteiger partial charge in [0.05, 0.1) is 0 Å². The summed E-state index contributed by atoms with van der Waals surface area (Å²) in [6.45, 7) is 42.9. The Morgan fingerprint density at radius 1 is 0.216 bits per heavy atom. The number of nitrogens with zero attached hydrogens (tertiary/aromatic N) is 12. The molecule has 21 heteroatoms. The second-order valence-corrected chi connectivity index (χ2v) is 48.3. The minimum Gasteiger partial charge on any atom is -2.00 e. The van der Waals surface area contributed by atoms with Crippen molar-refractivity contribution in [2.24, 2.45) is 0 Å². The summed E-state index contributed by atoms with van der Waals surface area (Å²) < 4.78 is 16.2. The van der Waals surface area contributed by atoms with Crippen LogP contribution in [0.3, 0.4) is 0 Å². The van der Waals surface area contributed by atoms with Gasteiger partial charge in [0.15, 0.2) is 0 Å². The van der Waals surface area contributed by atoms with Crippen molar-refractivity contribution in [3.8, 4) is 0 Å². The van der Waals surface area contributed by atoms with Crippen molar-refractivity contribution in [1.29, 1.82) is 0 Å². The largest absolute Gasteiger partial charge is 4.00 e. The van der Waals surface area contributed by atoms with Gasteiger partial charge in [-0.3, -0.25) is 0 Å². The molecule has 0 saturated carbocycles. The molecule has 88 heavy (non-hydrogen) atoms. The molecule has 2 heterocycles. The van der Waals surface area contributed by atoms with Crippen molar-refractivity contribution in [2.75, 3.05) is 78.5 Å². The number of rotatable bonds is 18. The monoisotopic (exact) mass is 1790 g/mol. The molecule has 7 aromatic carbocycles. The molecule has 2 saturated heterocycles. The maximum absolute atomic E-state index is 5.33. The molecular weight excluding hydrogens is 1700 g/mol. The third-order valence-electron chi connectivity index (χ3n) is 16.4. The number of hydrogen-bond donors (Lipinski definition) is 0. The van der Waals surface area contributed by atoms with Crippen molar-refractivity contribution in [1.82, 2.24) is 27.4 Å². The molecule has 0 aliphatic carbocycles. The molecule has 0 N–H and O–H groups in total. The van der Waals surface area contributed by atoms with E-state index in [2.05, 4.69) is 307 Å². The Morgan fingerprint density at radius 2 is 0.330 bits per heavy atom. The van der Waals surface area contributed by atoms with E-state index in [1.807, 2.05) is 18.2 Å². The smallest absolute Gasteiger partial charge is 2.00 e. The van der Waals surface area contributed by atoms with Crippen LogP contribution < -0.4 is 0 Å². The van der Waals surface area contributed by atoms with E-state index in [9.17, 15) is 0 Å². The van der Waals surface area contributed by atoms with Crippen LogP contribution in [-0.4, -0.2) is 173 Å². The fourth-order valence-electron chi connectivity index (χ4n) is 11.3. The van der Waals surface area contributed by atoms with E-state index in [4.69, 9.17) is 29.9 Å². The Bertz CT molecular complexity index is 2490. The summed E-state index contributed by atoms with van der Waals surface area (Å²) in [7, 11) is -12.4. The molecule has 0 radical (unpaired) electrons. The van der Waals surface area contributed by atoms with E-state index in [0.29, 0.717) is 0 Å². The molecule has 9 rings (SSSR count). The Labute approximate surface area is 596 Å². The molecule has 2 aliphatic heterocycles. The maximum atomic E-state index is 5.33. The van der Waals surface area contributed by atoms with Gasteiger partial charge in [0, 0.05) is 129 Å². The Hall–Kier alpha value is -2.98. The zero-order chi connectivity index (χ0) is 61.0. The quantitative estimate of drug-likeness (QED) is 0.0793.